The van der Waals surface area contributed by atoms with Crippen LogP contribution in [0.1, 0.15) is 26.7 Å². The maximum atomic E-state index is 12.8. The van der Waals surface area contributed by atoms with Crippen LogP contribution in [0.4, 0.5) is 5.69 Å². The van der Waals surface area contributed by atoms with E-state index in [4.69, 9.17) is 4.74 Å². The van der Waals surface area contributed by atoms with E-state index < -0.39 is 10.0 Å². The minimum absolute atomic E-state index is 0.107. The van der Waals surface area contributed by atoms with E-state index in [2.05, 4.69) is 11.9 Å². The van der Waals surface area contributed by atoms with Crippen molar-refractivity contribution in [2.45, 2.75) is 31.6 Å². The first kappa shape index (κ1) is 21.7. The summed E-state index contributed by atoms with van der Waals surface area (Å²) in [7, 11) is -3.66. The molecule has 0 spiro atoms. The number of nitrogens with zero attached hydrogens (tertiary/aromatic N) is 1. The smallest absolute Gasteiger partial charge is 0.243 e. The minimum Gasteiger partial charge on any atom is -0.455 e. The van der Waals surface area contributed by atoms with E-state index >= 15 is 0 Å². The van der Waals surface area contributed by atoms with Gasteiger partial charge < -0.3 is 10.1 Å². The van der Waals surface area contributed by atoms with E-state index in [-0.39, 0.29) is 17.2 Å². The molecular formula is C21H26N2O4S. The van der Waals surface area contributed by atoms with Crippen molar-refractivity contribution in [3.63, 3.8) is 0 Å². The number of carbonyl (C=O) groups is 1. The molecule has 0 atom stereocenters. The summed E-state index contributed by atoms with van der Waals surface area (Å²) in [5, 5.41) is 2.76. The number of carbonyl (C=O) groups excluding carboxylic acids is 1. The fourth-order valence-corrected chi connectivity index (χ4v) is 4.11. The lowest BCUT2D eigenvalue weighted by Gasteiger charge is -2.20. The van der Waals surface area contributed by atoms with Gasteiger partial charge in [-0.15, -0.1) is 6.58 Å². The highest BCUT2D eigenvalue weighted by molar-refractivity contribution is 7.89. The Morgan fingerprint density at radius 3 is 2.43 bits per heavy atom. The molecule has 0 aromatic heterocycles. The van der Waals surface area contributed by atoms with Crippen molar-refractivity contribution in [1.82, 2.24) is 4.31 Å². The lowest BCUT2D eigenvalue weighted by atomic mass is 10.2. The third kappa shape index (κ3) is 5.43. The SMILES string of the molecule is C=CCCC(=O)Nc1cc(S(=O)(=O)N(CC)CC)ccc1Oc1ccccc1. The molecule has 1 N–H and O–H groups in total. The van der Waals surface area contributed by atoms with Gasteiger partial charge >= 0.3 is 0 Å². The van der Waals surface area contributed by atoms with E-state index in [9.17, 15) is 13.2 Å². The summed E-state index contributed by atoms with van der Waals surface area (Å²) in [4.78, 5) is 12.3. The third-order valence-corrected chi connectivity index (χ3v) is 6.16. The molecule has 150 valence electrons. The van der Waals surface area contributed by atoms with Crippen LogP contribution in [-0.2, 0) is 14.8 Å². The maximum Gasteiger partial charge on any atom is 0.243 e. The zero-order valence-electron chi connectivity index (χ0n) is 16.2. The van der Waals surface area contributed by atoms with Gasteiger partial charge in [0.25, 0.3) is 0 Å². The maximum absolute atomic E-state index is 12.8. The van der Waals surface area contributed by atoms with Gasteiger partial charge in [-0.2, -0.15) is 4.31 Å². The van der Waals surface area contributed by atoms with Crippen molar-refractivity contribution >= 4 is 21.6 Å². The number of sulfonamides is 1. The second-order valence-corrected chi connectivity index (χ2v) is 7.98. The normalized spacial score (nSPS) is 11.2. The first-order valence-electron chi connectivity index (χ1n) is 9.20. The topological polar surface area (TPSA) is 75.7 Å². The number of amides is 1. The lowest BCUT2D eigenvalue weighted by molar-refractivity contribution is -0.116. The molecule has 28 heavy (non-hydrogen) atoms. The van der Waals surface area contributed by atoms with Crippen LogP contribution in [0.5, 0.6) is 11.5 Å². The molecule has 0 radical (unpaired) electrons. The van der Waals surface area contributed by atoms with Crippen LogP contribution in [0.2, 0.25) is 0 Å². The second kappa shape index (κ2) is 10.1. The Kier molecular flexibility index (Phi) is 7.78. The van der Waals surface area contributed by atoms with Crippen LogP contribution in [0.25, 0.3) is 0 Å². The third-order valence-electron chi connectivity index (χ3n) is 4.11. The fraction of sp³-hybridized carbons (Fsp3) is 0.286. The molecule has 0 aliphatic rings. The van der Waals surface area contributed by atoms with Crippen molar-refractivity contribution in [2.75, 3.05) is 18.4 Å². The van der Waals surface area contributed by atoms with Gasteiger partial charge in [0, 0.05) is 19.5 Å². The number of anilines is 1. The lowest BCUT2D eigenvalue weighted by Crippen LogP contribution is -2.30. The number of ether oxygens (including phenoxy) is 1. The van der Waals surface area contributed by atoms with E-state index in [1.807, 2.05) is 18.2 Å². The number of allylic oxidation sites excluding steroid dienone is 1. The molecular weight excluding hydrogens is 376 g/mol. The Labute approximate surface area is 166 Å². The molecule has 1 amide bonds. The molecule has 0 aliphatic carbocycles. The number of hydrogen-bond donors (Lipinski definition) is 1. The predicted octanol–water partition coefficient (Wildman–Crippen LogP) is 4.41. The van der Waals surface area contributed by atoms with Crippen LogP contribution in [-0.4, -0.2) is 31.7 Å². The van der Waals surface area contributed by atoms with Gasteiger partial charge in [0.2, 0.25) is 15.9 Å². The molecule has 2 aromatic carbocycles. The van der Waals surface area contributed by atoms with Crippen LogP contribution in [0, 0.1) is 0 Å². The summed E-state index contributed by atoms with van der Waals surface area (Å²) in [6.07, 6.45) is 2.43. The number of para-hydroxylation sites is 1. The van der Waals surface area contributed by atoms with Gasteiger partial charge in [0.15, 0.2) is 5.75 Å². The molecule has 0 heterocycles. The van der Waals surface area contributed by atoms with Crippen molar-refractivity contribution in [3.8, 4) is 11.5 Å². The van der Waals surface area contributed by atoms with Crippen LogP contribution >= 0.6 is 0 Å². The summed E-state index contributed by atoms with van der Waals surface area (Å²) < 4.78 is 32.9. The number of hydrogen-bond acceptors (Lipinski definition) is 4. The summed E-state index contributed by atoms with van der Waals surface area (Å²) in [5.41, 5.74) is 0.311. The zero-order valence-corrected chi connectivity index (χ0v) is 17.0. The molecule has 0 aliphatic heterocycles. The second-order valence-electron chi connectivity index (χ2n) is 6.04. The molecule has 7 heteroatoms. The van der Waals surface area contributed by atoms with Gasteiger partial charge in [0.05, 0.1) is 10.6 Å². The van der Waals surface area contributed by atoms with Gasteiger partial charge in [-0.25, -0.2) is 8.42 Å². The Morgan fingerprint density at radius 2 is 1.82 bits per heavy atom. The summed E-state index contributed by atoms with van der Waals surface area (Å²) in [5.74, 6) is 0.718. The largest absolute Gasteiger partial charge is 0.455 e. The highest BCUT2D eigenvalue weighted by Gasteiger charge is 2.23. The summed E-state index contributed by atoms with van der Waals surface area (Å²) in [6, 6.07) is 13.6. The molecule has 0 bridgehead atoms. The van der Waals surface area contributed by atoms with Crippen molar-refractivity contribution < 1.29 is 17.9 Å². The van der Waals surface area contributed by atoms with Crippen LogP contribution in [0.15, 0.2) is 66.1 Å². The van der Waals surface area contributed by atoms with E-state index in [1.54, 1.807) is 38.1 Å². The average molecular weight is 403 g/mol. The quantitative estimate of drug-likeness (QED) is 0.597. The van der Waals surface area contributed by atoms with Gasteiger partial charge in [-0.3, -0.25) is 4.79 Å². The average Bonchev–Trinajstić information content (AvgIpc) is 2.69. The predicted molar refractivity (Wildman–Crippen MR) is 111 cm³/mol. The first-order valence-corrected chi connectivity index (χ1v) is 10.6. The molecule has 0 unspecified atom stereocenters. The molecule has 0 saturated heterocycles. The van der Waals surface area contributed by atoms with Crippen molar-refractivity contribution in [1.29, 1.82) is 0 Å². The first-order chi connectivity index (χ1) is 13.4. The standard InChI is InChI=1S/C21H26N2O4S/c1-4-7-13-21(24)22-19-16-18(28(25,26)23(5-2)6-3)14-15-20(19)27-17-11-9-8-10-12-17/h4,8-12,14-16H,1,5-7,13H2,2-3H3,(H,22,24). The number of rotatable bonds is 10. The van der Waals surface area contributed by atoms with Crippen LogP contribution in [0.3, 0.4) is 0 Å². The van der Waals surface area contributed by atoms with Gasteiger partial charge in [0.1, 0.15) is 5.75 Å². The molecule has 2 rings (SSSR count). The number of benzene rings is 2. The van der Waals surface area contributed by atoms with E-state index in [0.717, 1.165) is 0 Å². The van der Waals surface area contributed by atoms with Crippen LogP contribution < -0.4 is 10.1 Å². The molecule has 6 nitrogen and oxygen atoms in total. The fourth-order valence-electron chi connectivity index (χ4n) is 2.63. The van der Waals surface area contributed by atoms with Gasteiger partial charge in [-0.1, -0.05) is 38.1 Å². The van der Waals surface area contributed by atoms with Gasteiger partial charge in [-0.05, 0) is 36.8 Å². The monoisotopic (exact) mass is 402 g/mol. The Morgan fingerprint density at radius 1 is 1.14 bits per heavy atom. The van der Waals surface area contributed by atoms with Crippen molar-refractivity contribution in [2.24, 2.45) is 0 Å². The van der Waals surface area contributed by atoms with E-state index in [1.165, 1.54) is 16.4 Å². The summed E-state index contributed by atoms with van der Waals surface area (Å²) in [6.45, 7) is 7.90. The minimum atomic E-state index is -3.66. The zero-order chi connectivity index (χ0) is 20.6. The Hall–Kier alpha value is -2.64. The van der Waals surface area contributed by atoms with Crippen molar-refractivity contribution in [3.05, 3.63) is 61.2 Å². The number of nitrogens with one attached hydrogen (secondary N) is 1. The molecule has 2 aromatic rings. The summed E-state index contributed by atoms with van der Waals surface area (Å²) >= 11 is 0. The Balaban J connectivity index is 2.42. The highest BCUT2D eigenvalue weighted by Crippen LogP contribution is 2.33. The Bertz CT molecular complexity index is 907. The highest BCUT2D eigenvalue weighted by atomic mass is 32.2. The molecule has 0 fully saturated rings. The van der Waals surface area contributed by atoms with E-state index in [0.29, 0.717) is 36.7 Å². The molecule has 0 saturated carbocycles.